The molecule has 1 unspecified atom stereocenters. The van der Waals surface area contributed by atoms with Gasteiger partial charge < -0.3 is 15.2 Å². The predicted molar refractivity (Wildman–Crippen MR) is 131 cm³/mol. The lowest BCUT2D eigenvalue weighted by molar-refractivity contribution is -0.120. The summed E-state index contributed by atoms with van der Waals surface area (Å²) in [6.45, 7) is 3.53. The van der Waals surface area contributed by atoms with Crippen LogP contribution in [0, 0.1) is 0 Å². The van der Waals surface area contributed by atoms with Gasteiger partial charge in [0.25, 0.3) is 11.5 Å². The first-order valence-corrected chi connectivity index (χ1v) is 11.5. The first-order valence-electron chi connectivity index (χ1n) is 11.5. The number of benzene rings is 2. The van der Waals surface area contributed by atoms with Crippen LogP contribution in [0.5, 0.6) is 0 Å². The Labute approximate surface area is 201 Å². The number of aryl methyl sites for hydroxylation is 1. The second-order valence-electron chi connectivity index (χ2n) is 8.92. The van der Waals surface area contributed by atoms with Crippen molar-refractivity contribution in [2.24, 2.45) is 0 Å². The molecule has 1 atom stereocenters. The summed E-state index contributed by atoms with van der Waals surface area (Å²) in [6, 6.07) is 15.4. The summed E-state index contributed by atoms with van der Waals surface area (Å²) in [6.07, 6.45) is 1.38. The van der Waals surface area contributed by atoms with Crippen molar-refractivity contribution in [2.45, 2.75) is 38.8 Å². The number of anilines is 2. The Bertz CT molecular complexity index is 1410. The Morgan fingerprint density at radius 2 is 1.91 bits per heavy atom. The minimum absolute atomic E-state index is 0.0682. The molecule has 9 nitrogen and oxygen atoms in total. The number of rotatable bonds is 5. The summed E-state index contributed by atoms with van der Waals surface area (Å²) in [7, 11) is 0. The number of amides is 3. The van der Waals surface area contributed by atoms with E-state index >= 15 is 0 Å². The van der Waals surface area contributed by atoms with Crippen molar-refractivity contribution in [1.29, 1.82) is 0 Å². The van der Waals surface area contributed by atoms with Crippen LogP contribution in [-0.2, 0) is 16.0 Å². The molecule has 178 valence electrons. The number of hydrogen-bond acceptors (Lipinski definition) is 5. The molecule has 5 rings (SSSR count). The molecule has 0 aliphatic carbocycles. The molecule has 0 spiro atoms. The van der Waals surface area contributed by atoms with E-state index in [4.69, 9.17) is 0 Å². The third-order valence-corrected chi connectivity index (χ3v) is 6.62. The molecule has 1 aromatic heterocycles. The number of hydrogen-bond donors (Lipinski definition) is 2. The number of nitrogens with zero attached hydrogens (tertiary/aromatic N) is 3. The molecule has 0 bridgehead atoms. The number of fused-ring (bicyclic) bond motifs is 3. The maximum Gasteiger partial charge on any atom is 0.258 e. The van der Waals surface area contributed by atoms with Gasteiger partial charge >= 0.3 is 0 Å². The highest BCUT2D eigenvalue weighted by atomic mass is 16.2. The lowest BCUT2D eigenvalue weighted by atomic mass is 9.98. The molecule has 0 saturated carbocycles. The van der Waals surface area contributed by atoms with E-state index in [0.29, 0.717) is 53.3 Å². The summed E-state index contributed by atoms with van der Waals surface area (Å²) >= 11 is 0. The quantitative estimate of drug-likeness (QED) is 0.594. The van der Waals surface area contributed by atoms with Crippen LogP contribution in [0.2, 0.25) is 0 Å². The van der Waals surface area contributed by atoms with Gasteiger partial charge in [-0.15, -0.1) is 0 Å². The van der Waals surface area contributed by atoms with Crippen LogP contribution in [0.15, 0.2) is 59.4 Å². The zero-order valence-corrected chi connectivity index (χ0v) is 19.5. The number of para-hydroxylation sites is 1. The van der Waals surface area contributed by atoms with Gasteiger partial charge in [-0.1, -0.05) is 31.2 Å². The molecule has 3 heterocycles. The van der Waals surface area contributed by atoms with Gasteiger partial charge in [-0.05, 0) is 44.0 Å². The molecule has 2 aliphatic rings. The SMILES string of the molecule is CCc1cc(=O)[nH]c(-c2cccc(NC(=O)CN3C(=O)c4ccccc4N4C(=O)CCC34C)c2)n1. The monoisotopic (exact) mass is 471 g/mol. The predicted octanol–water partition coefficient (Wildman–Crippen LogP) is 2.94. The van der Waals surface area contributed by atoms with E-state index in [1.165, 1.54) is 11.0 Å². The van der Waals surface area contributed by atoms with Gasteiger partial charge in [0.05, 0.1) is 11.3 Å². The van der Waals surface area contributed by atoms with Crippen LogP contribution < -0.4 is 15.8 Å². The molecule has 35 heavy (non-hydrogen) atoms. The molecule has 0 radical (unpaired) electrons. The first kappa shape index (κ1) is 22.5. The summed E-state index contributed by atoms with van der Waals surface area (Å²) in [5, 5.41) is 2.84. The molecular weight excluding hydrogens is 446 g/mol. The lowest BCUT2D eigenvalue weighted by Gasteiger charge is -2.48. The van der Waals surface area contributed by atoms with E-state index in [-0.39, 0.29) is 29.8 Å². The van der Waals surface area contributed by atoms with E-state index in [1.54, 1.807) is 53.4 Å². The number of carbonyl (C=O) groups excluding carboxylic acids is 3. The molecule has 9 heteroatoms. The van der Waals surface area contributed by atoms with Gasteiger partial charge in [0.1, 0.15) is 18.0 Å². The van der Waals surface area contributed by atoms with Crippen molar-refractivity contribution < 1.29 is 14.4 Å². The summed E-state index contributed by atoms with van der Waals surface area (Å²) in [5.74, 6) is -0.322. The zero-order chi connectivity index (χ0) is 24.7. The fourth-order valence-electron chi connectivity index (χ4n) is 4.86. The van der Waals surface area contributed by atoms with Crippen molar-refractivity contribution in [2.75, 3.05) is 16.8 Å². The smallest absolute Gasteiger partial charge is 0.258 e. The molecule has 2 N–H and O–H groups in total. The number of aromatic amines is 1. The first-order chi connectivity index (χ1) is 16.8. The minimum Gasteiger partial charge on any atom is -0.325 e. The topological polar surface area (TPSA) is 115 Å². The van der Waals surface area contributed by atoms with E-state index in [1.807, 2.05) is 13.8 Å². The number of H-pyrrole nitrogens is 1. The zero-order valence-electron chi connectivity index (χ0n) is 19.5. The molecular formula is C26H25N5O4. The van der Waals surface area contributed by atoms with Crippen LogP contribution in [0.25, 0.3) is 11.4 Å². The Morgan fingerprint density at radius 3 is 2.71 bits per heavy atom. The van der Waals surface area contributed by atoms with Gasteiger partial charge in [0.2, 0.25) is 11.8 Å². The van der Waals surface area contributed by atoms with E-state index in [9.17, 15) is 19.2 Å². The highest BCUT2D eigenvalue weighted by Gasteiger charge is 2.53. The van der Waals surface area contributed by atoms with Crippen molar-refractivity contribution in [1.82, 2.24) is 14.9 Å². The van der Waals surface area contributed by atoms with Crippen molar-refractivity contribution in [3.8, 4) is 11.4 Å². The van der Waals surface area contributed by atoms with Gasteiger partial charge in [-0.2, -0.15) is 0 Å². The summed E-state index contributed by atoms with van der Waals surface area (Å²) < 4.78 is 0. The van der Waals surface area contributed by atoms with Crippen molar-refractivity contribution in [3.63, 3.8) is 0 Å². The van der Waals surface area contributed by atoms with E-state index < -0.39 is 5.66 Å². The third kappa shape index (κ3) is 3.88. The Balaban J connectivity index is 1.40. The molecule has 3 aromatic rings. The average molecular weight is 472 g/mol. The summed E-state index contributed by atoms with van der Waals surface area (Å²) in [5.41, 5.74) is 1.67. The van der Waals surface area contributed by atoms with E-state index in [0.717, 1.165) is 0 Å². The number of nitrogens with one attached hydrogen (secondary N) is 2. The largest absolute Gasteiger partial charge is 0.325 e. The van der Waals surface area contributed by atoms with Crippen molar-refractivity contribution >= 4 is 29.1 Å². The second-order valence-corrected chi connectivity index (χ2v) is 8.92. The van der Waals surface area contributed by atoms with Gasteiger partial charge in [-0.3, -0.25) is 24.1 Å². The van der Waals surface area contributed by atoms with Crippen LogP contribution in [0.1, 0.15) is 42.7 Å². The maximum atomic E-state index is 13.4. The molecule has 1 fully saturated rings. The highest BCUT2D eigenvalue weighted by molar-refractivity contribution is 6.11. The van der Waals surface area contributed by atoms with Crippen molar-refractivity contribution in [3.05, 3.63) is 76.2 Å². The highest BCUT2D eigenvalue weighted by Crippen LogP contribution is 2.43. The second kappa shape index (κ2) is 8.50. The van der Waals surface area contributed by atoms with Crippen LogP contribution in [0.4, 0.5) is 11.4 Å². The van der Waals surface area contributed by atoms with Crippen LogP contribution in [-0.4, -0.2) is 44.8 Å². The Kier molecular flexibility index (Phi) is 5.47. The minimum atomic E-state index is -0.911. The molecule has 2 aromatic carbocycles. The van der Waals surface area contributed by atoms with Crippen LogP contribution >= 0.6 is 0 Å². The fourth-order valence-corrected chi connectivity index (χ4v) is 4.86. The van der Waals surface area contributed by atoms with E-state index in [2.05, 4.69) is 15.3 Å². The standard InChI is InChI=1S/C26H25N5O4/c1-3-17-14-21(32)29-24(28-17)16-7-6-8-18(13-16)27-22(33)15-30-25(35)19-9-4-5-10-20(19)31-23(34)11-12-26(30,31)2/h4-10,13-14H,3,11-12,15H2,1-2H3,(H,27,33)(H,28,29,32). The molecule has 3 amide bonds. The van der Waals surface area contributed by atoms with Gasteiger partial charge in [0.15, 0.2) is 0 Å². The van der Waals surface area contributed by atoms with Crippen LogP contribution in [0.3, 0.4) is 0 Å². The average Bonchev–Trinajstić information content (AvgIpc) is 3.16. The number of carbonyl (C=O) groups is 3. The Hall–Kier alpha value is -4.27. The van der Waals surface area contributed by atoms with Gasteiger partial charge in [0, 0.05) is 29.4 Å². The molecule has 1 saturated heterocycles. The summed E-state index contributed by atoms with van der Waals surface area (Å²) in [4.78, 5) is 61.4. The normalized spacial score (nSPS) is 18.9. The third-order valence-electron chi connectivity index (χ3n) is 6.62. The Morgan fingerprint density at radius 1 is 1.11 bits per heavy atom. The number of aromatic nitrogens is 2. The lowest BCUT2D eigenvalue weighted by Crippen LogP contribution is -2.63. The molecule has 2 aliphatic heterocycles. The van der Waals surface area contributed by atoms with Gasteiger partial charge in [-0.25, -0.2) is 4.98 Å². The maximum absolute atomic E-state index is 13.4. The fraction of sp³-hybridized carbons (Fsp3) is 0.269.